The van der Waals surface area contributed by atoms with E-state index in [2.05, 4.69) is 107 Å². The SMILES string of the molecule is Cn1c2ccccc2c2c3c4ccccc4n(-c4cccc5c4oc4ccccc45)c3ccc21. The molecule has 0 fully saturated rings. The van der Waals surface area contributed by atoms with Crippen molar-refractivity contribution in [1.29, 1.82) is 0 Å². The second-order valence-electron chi connectivity index (χ2n) is 9.03. The summed E-state index contributed by atoms with van der Waals surface area (Å²) in [6.45, 7) is 0. The van der Waals surface area contributed by atoms with E-state index in [4.69, 9.17) is 4.42 Å². The number of aryl methyl sites for hydroxylation is 1. The second kappa shape index (κ2) is 6.30. The minimum atomic E-state index is 0.919. The smallest absolute Gasteiger partial charge is 0.159 e. The van der Waals surface area contributed by atoms with Crippen molar-refractivity contribution < 1.29 is 4.42 Å². The van der Waals surface area contributed by atoms with E-state index in [9.17, 15) is 0 Å². The monoisotopic (exact) mass is 436 g/mol. The minimum absolute atomic E-state index is 0.919. The predicted octanol–water partition coefficient (Wildman–Crippen LogP) is 8.33. The zero-order chi connectivity index (χ0) is 22.4. The van der Waals surface area contributed by atoms with Gasteiger partial charge < -0.3 is 13.6 Å². The van der Waals surface area contributed by atoms with E-state index in [1.165, 1.54) is 43.6 Å². The first-order chi connectivity index (χ1) is 16.8. The van der Waals surface area contributed by atoms with Crippen molar-refractivity contribution >= 4 is 65.6 Å². The molecule has 3 heteroatoms. The molecule has 0 saturated heterocycles. The average molecular weight is 437 g/mol. The molecule has 3 nitrogen and oxygen atoms in total. The van der Waals surface area contributed by atoms with Crippen LogP contribution in [0.15, 0.2) is 108 Å². The summed E-state index contributed by atoms with van der Waals surface area (Å²) in [7, 11) is 2.16. The van der Waals surface area contributed by atoms with Crippen LogP contribution in [-0.2, 0) is 7.05 Å². The normalized spacial score (nSPS) is 12.3. The average Bonchev–Trinajstić information content (AvgIpc) is 3.52. The number of para-hydroxylation sites is 4. The first-order valence-corrected chi connectivity index (χ1v) is 11.6. The fourth-order valence-corrected chi connectivity index (χ4v) is 5.88. The summed E-state index contributed by atoms with van der Waals surface area (Å²) in [6.07, 6.45) is 0. The first kappa shape index (κ1) is 18.0. The molecule has 3 heterocycles. The van der Waals surface area contributed by atoms with E-state index in [-0.39, 0.29) is 0 Å². The Morgan fingerprint density at radius 3 is 1.97 bits per heavy atom. The molecule has 34 heavy (non-hydrogen) atoms. The van der Waals surface area contributed by atoms with Crippen molar-refractivity contribution in [3.8, 4) is 5.69 Å². The molecule has 8 aromatic rings. The zero-order valence-electron chi connectivity index (χ0n) is 18.6. The Morgan fingerprint density at radius 1 is 0.500 bits per heavy atom. The Kier molecular flexibility index (Phi) is 3.33. The van der Waals surface area contributed by atoms with Crippen LogP contribution in [0.2, 0.25) is 0 Å². The Balaban J connectivity index is 1.62. The fourth-order valence-electron chi connectivity index (χ4n) is 5.88. The van der Waals surface area contributed by atoms with E-state index in [1.807, 2.05) is 12.1 Å². The van der Waals surface area contributed by atoms with Crippen LogP contribution >= 0.6 is 0 Å². The number of furan rings is 1. The van der Waals surface area contributed by atoms with Gasteiger partial charge >= 0.3 is 0 Å². The van der Waals surface area contributed by atoms with Gasteiger partial charge in [-0.25, -0.2) is 0 Å². The van der Waals surface area contributed by atoms with Crippen LogP contribution in [0.3, 0.4) is 0 Å². The Labute approximate surface area is 195 Å². The third kappa shape index (κ3) is 2.12. The lowest BCUT2D eigenvalue weighted by molar-refractivity contribution is 0.666. The van der Waals surface area contributed by atoms with E-state index < -0.39 is 0 Å². The van der Waals surface area contributed by atoms with Gasteiger partial charge in [0.15, 0.2) is 5.58 Å². The van der Waals surface area contributed by atoms with Gasteiger partial charge in [0.05, 0.1) is 16.7 Å². The van der Waals surface area contributed by atoms with Crippen LogP contribution in [-0.4, -0.2) is 9.13 Å². The molecule has 160 valence electrons. The van der Waals surface area contributed by atoms with Crippen molar-refractivity contribution in [2.45, 2.75) is 0 Å². The highest BCUT2D eigenvalue weighted by Gasteiger charge is 2.20. The predicted molar refractivity (Wildman–Crippen MR) is 142 cm³/mol. The second-order valence-corrected chi connectivity index (χ2v) is 9.03. The number of hydrogen-bond acceptors (Lipinski definition) is 1. The number of rotatable bonds is 1. The maximum Gasteiger partial charge on any atom is 0.159 e. The maximum absolute atomic E-state index is 6.44. The number of hydrogen-bond donors (Lipinski definition) is 0. The Morgan fingerprint density at radius 2 is 1.12 bits per heavy atom. The van der Waals surface area contributed by atoms with Gasteiger partial charge in [0, 0.05) is 50.4 Å². The number of nitrogens with zero attached hydrogens (tertiary/aromatic N) is 2. The van der Waals surface area contributed by atoms with Gasteiger partial charge in [-0.2, -0.15) is 0 Å². The van der Waals surface area contributed by atoms with Gasteiger partial charge in [0.1, 0.15) is 5.58 Å². The van der Waals surface area contributed by atoms with Gasteiger partial charge in [-0.05, 0) is 36.4 Å². The molecule has 3 aromatic heterocycles. The van der Waals surface area contributed by atoms with Crippen molar-refractivity contribution in [1.82, 2.24) is 9.13 Å². The summed E-state index contributed by atoms with van der Waals surface area (Å²) in [5.41, 5.74) is 7.79. The van der Waals surface area contributed by atoms with Crippen molar-refractivity contribution in [3.63, 3.8) is 0 Å². The summed E-state index contributed by atoms with van der Waals surface area (Å²) in [5, 5.41) is 7.44. The molecule has 0 saturated carbocycles. The molecule has 0 radical (unpaired) electrons. The molecule has 0 bridgehead atoms. The van der Waals surface area contributed by atoms with Crippen molar-refractivity contribution in [2.24, 2.45) is 7.05 Å². The molecule has 8 rings (SSSR count). The first-order valence-electron chi connectivity index (χ1n) is 11.6. The fraction of sp³-hybridized carbons (Fsp3) is 0.0323. The molecule has 0 N–H and O–H groups in total. The molecule has 5 aromatic carbocycles. The molecular formula is C31H20N2O. The summed E-state index contributed by atoms with van der Waals surface area (Å²) >= 11 is 0. The highest BCUT2D eigenvalue weighted by molar-refractivity contribution is 6.28. The highest BCUT2D eigenvalue weighted by Crippen LogP contribution is 2.42. The van der Waals surface area contributed by atoms with E-state index in [1.54, 1.807) is 0 Å². The van der Waals surface area contributed by atoms with Crippen LogP contribution in [0.4, 0.5) is 0 Å². The van der Waals surface area contributed by atoms with E-state index in [0.717, 1.165) is 27.6 Å². The number of benzene rings is 5. The van der Waals surface area contributed by atoms with Crippen molar-refractivity contribution in [2.75, 3.05) is 0 Å². The lowest BCUT2D eigenvalue weighted by Crippen LogP contribution is -1.94. The van der Waals surface area contributed by atoms with Gasteiger partial charge in [-0.3, -0.25) is 0 Å². The van der Waals surface area contributed by atoms with Gasteiger partial charge in [-0.1, -0.05) is 66.7 Å². The van der Waals surface area contributed by atoms with Gasteiger partial charge in [0.2, 0.25) is 0 Å². The van der Waals surface area contributed by atoms with Crippen LogP contribution in [0.1, 0.15) is 0 Å². The van der Waals surface area contributed by atoms with Crippen LogP contribution < -0.4 is 0 Å². The number of fused-ring (bicyclic) bond motifs is 10. The van der Waals surface area contributed by atoms with E-state index >= 15 is 0 Å². The molecule has 0 aliphatic rings. The third-order valence-electron chi connectivity index (χ3n) is 7.34. The summed E-state index contributed by atoms with van der Waals surface area (Å²) < 4.78 is 11.1. The Bertz CT molecular complexity index is 2080. The molecule has 0 amide bonds. The minimum Gasteiger partial charge on any atom is -0.454 e. The summed E-state index contributed by atoms with van der Waals surface area (Å²) in [4.78, 5) is 0. The van der Waals surface area contributed by atoms with E-state index in [0.29, 0.717) is 0 Å². The van der Waals surface area contributed by atoms with Crippen LogP contribution in [0.25, 0.3) is 71.2 Å². The molecule has 0 atom stereocenters. The molecular weight excluding hydrogens is 416 g/mol. The molecule has 0 unspecified atom stereocenters. The molecule has 0 aliphatic carbocycles. The quantitative estimate of drug-likeness (QED) is 0.254. The topological polar surface area (TPSA) is 23.0 Å². The highest BCUT2D eigenvalue weighted by atomic mass is 16.3. The lowest BCUT2D eigenvalue weighted by Gasteiger charge is -2.08. The lowest BCUT2D eigenvalue weighted by atomic mass is 10.1. The van der Waals surface area contributed by atoms with Gasteiger partial charge in [-0.15, -0.1) is 0 Å². The molecule has 0 aliphatic heterocycles. The van der Waals surface area contributed by atoms with Gasteiger partial charge in [0.25, 0.3) is 0 Å². The summed E-state index contributed by atoms with van der Waals surface area (Å²) in [5.74, 6) is 0. The molecule has 0 spiro atoms. The maximum atomic E-state index is 6.44. The largest absolute Gasteiger partial charge is 0.454 e. The van der Waals surface area contributed by atoms with Crippen molar-refractivity contribution in [3.05, 3.63) is 103 Å². The zero-order valence-corrected chi connectivity index (χ0v) is 18.6. The van der Waals surface area contributed by atoms with Crippen LogP contribution in [0, 0.1) is 0 Å². The summed E-state index contributed by atoms with van der Waals surface area (Å²) in [6, 6.07) is 36.7. The number of aromatic nitrogens is 2. The van der Waals surface area contributed by atoms with Crippen LogP contribution in [0.5, 0.6) is 0 Å². The Hall–Kier alpha value is -4.50. The standard InChI is InChI=1S/C31H20N2O/c1-32-23-13-5-2-10-21(23)29-25(32)17-18-26-30(29)22-11-3-6-14-24(22)33(26)27-15-8-12-20-19-9-4-7-16-28(19)34-31(20)27/h2-18H,1H3. The third-order valence-corrected chi connectivity index (χ3v) is 7.34.